The second-order valence-electron chi connectivity index (χ2n) is 5.47. The molecule has 0 aromatic carbocycles. The van der Waals surface area contributed by atoms with Crippen molar-refractivity contribution in [2.75, 3.05) is 59.7 Å². The smallest absolute Gasteiger partial charge is 0.0593 e. The lowest BCUT2D eigenvalue weighted by atomic mass is 9.98. The lowest BCUT2D eigenvalue weighted by molar-refractivity contribution is 0.0712. The third-order valence-electron chi connectivity index (χ3n) is 3.65. The molecule has 0 aromatic rings. The quantitative estimate of drug-likeness (QED) is 0.581. The topological polar surface area (TPSA) is 33.7 Å². The number of likely N-dealkylation sites (tertiary alicyclic amines) is 1. The van der Waals surface area contributed by atoms with Crippen molar-refractivity contribution in [1.29, 1.82) is 0 Å². The monoisotopic (exact) mass is 272 g/mol. The van der Waals surface area contributed by atoms with Crippen LogP contribution in [0.1, 0.15) is 32.6 Å². The first-order valence-corrected chi connectivity index (χ1v) is 7.86. The Morgan fingerprint density at radius 2 is 2.16 bits per heavy atom. The van der Waals surface area contributed by atoms with Crippen molar-refractivity contribution in [2.45, 2.75) is 32.6 Å². The van der Waals surface area contributed by atoms with E-state index >= 15 is 0 Å². The SMILES string of the molecule is CCCNCC1CCCN(CCOCCCOC)C1. The second-order valence-corrected chi connectivity index (χ2v) is 5.47. The molecule has 0 bridgehead atoms. The summed E-state index contributed by atoms with van der Waals surface area (Å²) in [6.07, 6.45) is 4.94. The second kappa shape index (κ2) is 11.6. The van der Waals surface area contributed by atoms with E-state index in [4.69, 9.17) is 9.47 Å². The molecule has 19 heavy (non-hydrogen) atoms. The van der Waals surface area contributed by atoms with Gasteiger partial charge in [0, 0.05) is 33.4 Å². The molecule has 1 heterocycles. The van der Waals surface area contributed by atoms with Crippen LogP contribution in [0.15, 0.2) is 0 Å². The van der Waals surface area contributed by atoms with Crippen LogP contribution in [0, 0.1) is 5.92 Å². The van der Waals surface area contributed by atoms with E-state index in [9.17, 15) is 0 Å². The number of piperidine rings is 1. The average Bonchev–Trinajstić information content (AvgIpc) is 2.43. The molecule has 1 unspecified atom stereocenters. The Hall–Kier alpha value is -0.160. The summed E-state index contributed by atoms with van der Waals surface area (Å²) in [6.45, 7) is 10.6. The maximum atomic E-state index is 5.63. The fourth-order valence-electron chi connectivity index (χ4n) is 2.60. The van der Waals surface area contributed by atoms with Crippen molar-refractivity contribution in [3.63, 3.8) is 0 Å². The third kappa shape index (κ3) is 8.58. The van der Waals surface area contributed by atoms with Gasteiger partial charge in [-0.3, -0.25) is 0 Å². The standard InChI is InChI=1S/C15H32N2O2/c1-3-7-16-13-15-6-4-8-17(14-15)9-12-19-11-5-10-18-2/h15-16H,3-14H2,1-2H3. The van der Waals surface area contributed by atoms with Crippen LogP contribution in [0.2, 0.25) is 0 Å². The van der Waals surface area contributed by atoms with E-state index < -0.39 is 0 Å². The molecule has 1 aliphatic rings. The summed E-state index contributed by atoms with van der Waals surface area (Å²) in [6, 6.07) is 0. The summed E-state index contributed by atoms with van der Waals surface area (Å²) in [5, 5.41) is 3.54. The molecule has 1 rings (SSSR count). The Morgan fingerprint density at radius 3 is 2.95 bits per heavy atom. The number of nitrogens with one attached hydrogen (secondary N) is 1. The Balaban J connectivity index is 2.00. The molecule has 4 nitrogen and oxygen atoms in total. The summed E-state index contributed by atoms with van der Waals surface area (Å²) in [5.41, 5.74) is 0. The predicted octanol–water partition coefficient (Wildman–Crippen LogP) is 1.75. The summed E-state index contributed by atoms with van der Waals surface area (Å²) < 4.78 is 10.6. The zero-order chi connectivity index (χ0) is 13.8. The van der Waals surface area contributed by atoms with Crippen molar-refractivity contribution in [3.05, 3.63) is 0 Å². The van der Waals surface area contributed by atoms with Crippen molar-refractivity contribution in [1.82, 2.24) is 10.2 Å². The lowest BCUT2D eigenvalue weighted by Crippen LogP contribution is -2.41. The van der Waals surface area contributed by atoms with Gasteiger partial charge < -0.3 is 19.7 Å². The molecular formula is C15H32N2O2. The Morgan fingerprint density at radius 1 is 1.26 bits per heavy atom. The minimum absolute atomic E-state index is 0.800. The van der Waals surface area contributed by atoms with Crippen molar-refractivity contribution < 1.29 is 9.47 Å². The van der Waals surface area contributed by atoms with Crippen molar-refractivity contribution in [2.24, 2.45) is 5.92 Å². The van der Waals surface area contributed by atoms with Crippen LogP contribution < -0.4 is 5.32 Å². The van der Waals surface area contributed by atoms with Gasteiger partial charge in [-0.1, -0.05) is 6.92 Å². The number of rotatable bonds is 11. The van der Waals surface area contributed by atoms with Crippen LogP contribution in [0.5, 0.6) is 0 Å². The fourth-order valence-corrected chi connectivity index (χ4v) is 2.60. The van der Waals surface area contributed by atoms with Crippen LogP contribution in [-0.4, -0.2) is 64.6 Å². The predicted molar refractivity (Wildman–Crippen MR) is 79.6 cm³/mol. The van der Waals surface area contributed by atoms with E-state index in [1.54, 1.807) is 7.11 Å². The first-order chi connectivity index (χ1) is 9.36. The summed E-state index contributed by atoms with van der Waals surface area (Å²) in [4.78, 5) is 2.55. The van der Waals surface area contributed by atoms with Gasteiger partial charge in [0.25, 0.3) is 0 Å². The van der Waals surface area contributed by atoms with E-state index in [1.165, 1.54) is 38.9 Å². The van der Waals surface area contributed by atoms with Gasteiger partial charge in [0.05, 0.1) is 6.61 Å². The maximum Gasteiger partial charge on any atom is 0.0593 e. The van der Waals surface area contributed by atoms with Crippen LogP contribution in [0.3, 0.4) is 0 Å². The van der Waals surface area contributed by atoms with Crippen LogP contribution >= 0.6 is 0 Å². The highest BCUT2D eigenvalue weighted by molar-refractivity contribution is 4.74. The maximum absolute atomic E-state index is 5.63. The highest BCUT2D eigenvalue weighted by Crippen LogP contribution is 2.15. The molecular weight excluding hydrogens is 240 g/mol. The van der Waals surface area contributed by atoms with E-state index in [0.717, 1.165) is 45.2 Å². The Labute approximate surface area is 118 Å². The first-order valence-electron chi connectivity index (χ1n) is 7.86. The van der Waals surface area contributed by atoms with E-state index in [2.05, 4.69) is 17.1 Å². The highest BCUT2D eigenvalue weighted by Gasteiger charge is 2.18. The first kappa shape index (κ1) is 16.9. The van der Waals surface area contributed by atoms with Gasteiger partial charge in [0.15, 0.2) is 0 Å². The molecule has 1 aliphatic heterocycles. The molecule has 1 N–H and O–H groups in total. The number of nitrogens with zero attached hydrogens (tertiary/aromatic N) is 1. The van der Waals surface area contributed by atoms with E-state index in [1.807, 2.05) is 0 Å². The average molecular weight is 272 g/mol. The zero-order valence-electron chi connectivity index (χ0n) is 12.8. The molecule has 1 atom stereocenters. The molecule has 0 aromatic heterocycles. The normalized spacial score (nSPS) is 20.8. The van der Waals surface area contributed by atoms with E-state index in [-0.39, 0.29) is 0 Å². The van der Waals surface area contributed by atoms with Crippen LogP contribution in [0.25, 0.3) is 0 Å². The highest BCUT2D eigenvalue weighted by atomic mass is 16.5. The molecule has 0 radical (unpaired) electrons. The Kier molecular flexibility index (Phi) is 10.4. The summed E-state index contributed by atoms with van der Waals surface area (Å²) >= 11 is 0. The Bertz CT molecular complexity index is 203. The molecule has 4 heteroatoms. The van der Waals surface area contributed by atoms with Gasteiger partial charge in [-0.15, -0.1) is 0 Å². The fraction of sp³-hybridized carbons (Fsp3) is 1.00. The number of hydrogen-bond acceptors (Lipinski definition) is 4. The van der Waals surface area contributed by atoms with Gasteiger partial charge in [-0.25, -0.2) is 0 Å². The van der Waals surface area contributed by atoms with Gasteiger partial charge in [-0.2, -0.15) is 0 Å². The van der Waals surface area contributed by atoms with Crippen LogP contribution in [0.4, 0.5) is 0 Å². The third-order valence-corrected chi connectivity index (χ3v) is 3.65. The molecule has 1 fully saturated rings. The van der Waals surface area contributed by atoms with Gasteiger partial charge in [-0.05, 0) is 51.2 Å². The van der Waals surface area contributed by atoms with Crippen LogP contribution in [-0.2, 0) is 9.47 Å². The zero-order valence-corrected chi connectivity index (χ0v) is 12.8. The van der Waals surface area contributed by atoms with Crippen molar-refractivity contribution in [3.8, 4) is 0 Å². The molecule has 0 spiro atoms. The molecule has 1 saturated heterocycles. The van der Waals surface area contributed by atoms with Gasteiger partial charge in [0.2, 0.25) is 0 Å². The van der Waals surface area contributed by atoms with E-state index in [0.29, 0.717) is 0 Å². The molecule has 114 valence electrons. The number of methoxy groups -OCH3 is 1. The number of hydrogen-bond donors (Lipinski definition) is 1. The minimum atomic E-state index is 0.800. The minimum Gasteiger partial charge on any atom is -0.385 e. The van der Waals surface area contributed by atoms with Gasteiger partial charge >= 0.3 is 0 Å². The largest absolute Gasteiger partial charge is 0.385 e. The van der Waals surface area contributed by atoms with Gasteiger partial charge in [0.1, 0.15) is 0 Å². The molecule has 0 aliphatic carbocycles. The summed E-state index contributed by atoms with van der Waals surface area (Å²) in [7, 11) is 1.74. The molecule has 0 saturated carbocycles. The van der Waals surface area contributed by atoms with Crippen molar-refractivity contribution >= 4 is 0 Å². The summed E-state index contributed by atoms with van der Waals surface area (Å²) in [5.74, 6) is 0.828. The number of ether oxygens (including phenoxy) is 2. The molecule has 0 amide bonds. The lowest BCUT2D eigenvalue weighted by Gasteiger charge is -2.32.